The summed E-state index contributed by atoms with van der Waals surface area (Å²) in [5.41, 5.74) is 10.3. The third-order valence-corrected chi connectivity index (χ3v) is 1.91. The normalized spacial score (nSPS) is 10.1. The van der Waals surface area contributed by atoms with Crippen LogP contribution in [0.5, 0.6) is 0 Å². The molecule has 0 unspecified atom stereocenters. The van der Waals surface area contributed by atoms with Crippen molar-refractivity contribution in [2.24, 2.45) is 11.5 Å². The number of nitrogens with zero attached hydrogens (tertiary/aromatic N) is 1. The zero-order valence-corrected chi connectivity index (χ0v) is 10.0. The highest BCUT2D eigenvalue weighted by atomic mass is 16.3. The third kappa shape index (κ3) is 16.2. The number of nitrogens with two attached hydrogens (primary N) is 2. The minimum absolute atomic E-state index is 0.0694. The molecule has 0 fully saturated rings. The molecule has 100 valence electrons. The Labute approximate surface area is 97.9 Å². The van der Waals surface area contributed by atoms with Crippen molar-refractivity contribution in [3.05, 3.63) is 0 Å². The molecule has 0 heterocycles. The fourth-order valence-corrected chi connectivity index (χ4v) is 1.05. The van der Waals surface area contributed by atoms with Gasteiger partial charge in [-0.1, -0.05) is 0 Å². The number of aliphatic hydroxyl groups excluding tert-OH is 3. The van der Waals surface area contributed by atoms with Gasteiger partial charge in [0.05, 0.1) is 19.8 Å². The Kier molecular flexibility index (Phi) is 19.5. The minimum Gasteiger partial charge on any atom is -0.395 e. The van der Waals surface area contributed by atoms with Crippen molar-refractivity contribution in [2.45, 2.75) is 12.8 Å². The summed E-state index contributed by atoms with van der Waals surface area (Å²) in [7, 11) is 0. The predicted molar refractivity (Wildman–Crippen MR) is 65.0 cm³/mol. The van der Waals surface area contributed by atoms with Crippen LogP contribution in [0.15, 0.2) is 0 Å². The lowest BCUT2D eigenvalue weighted by molar-refractivity contribution is 0.136. The van der Waals surface area contributed by atoms with Crippen LogP contribution in [0.2, 0.25) is 0 Å². The molecule has 0 spiro atoms. The molecule has 0 aliphatic heterocycles. The van der Waals surface area contributed by atoms with E-state index in [1.165, 1.54) is 0 Å². The molecule has 0 aromatic heterocycles. The Balaban J connectivity index is 0. The van der Waals surface area contributed by atoms with E-state index in [1.54, 1.807) is 4.90 Å². The lowest BCUT2D eigenvalue weighted by atomic mass is 10.3. The van der Waals surface area contributed by atoms with Crippen LogP contribution in [0.25, 0.3) is 0 Å². The van der Waals surface area contributed by atoms with Gasteiger partial charge in [0.1, 0.15) is 0 Å². The van der Waals surface area contributed by atoms with E-state index in [4.69, 9.17) is 26.8 Å². The smallest absolute Gasteiger partial charge is 0.0558 e. The van der Waals surface area contributed by atoms with Crippen LogP contribution in [0.1, 0.15) is 12.8 Å². The largest absolute Gasteiger partial charge is 0.395 e. The van der Waals surface area contributed by atoms with Crippen LogP contribution in [0.3, 0.4) is 0 Å². The van der Waals surface area contributed by atoms with Gasteiger partial charge in [-0.2, -0.15) is 0 Å². The molecule has 7 N–H and O–H groups in total. The fourth-order valence-electron chi connectivity index (χ4n) is 1.05. The molecule has 0 bridgehead atoms. The highest BCUT2D eigenvalue weighted by Crippen LogP contribution is 1.84. The van der Waals surface area contributed by atoms with Crippen LogP contribution in [-0.2, 0) is 0 Å². The first-order chi connectivity index (χ1) is 7.76. The average molecular weight is 237 g/mol. The molecule has 0 rings (SSSR count). The van der Waals surface area contributed by atoms with E-state index in [2.05, 4.69) is 0 Å². The average Bonchev–Trinajstić information content (AvgIpc) is 2.28. The monoisotopic (exact) mass is 237 g/mol. The molecule has 0 radical (unpaired) electrons. The van der Waals surface area contributed by atoms with Crippen molar-refractivity contribution in [3.63, 3.8) is 0 Å². The number of hydrogen-bond donors (Lipinski definition) is 5. The first kappa shape index (κ1) is 18.1. The second-order valence-electron chi connectivity index (χ2n) is 3.30. The summed E-state index contributed by atoms with van der Waals surface area (Å²) in [5.74, 6) is 0. The molecule has 0 atom stereocenters. The second kappa shape index (κ2) is 17.2. The maximum atomic E-state index is 8.48. The number of unbranched alkanes of at least 4 members (excludes halogenated alkanes) is 1. The van der Waals surface area contributed by atoms with Gasteiger partial charge < -0.3 is 26.8 Å². The summed E-state index contributed by atoms with van der Waals surface area (Å²) < 4.78 is 0. The van der Waals surface area contributed by atoms with Crippen molar-refractivity contribution in [1.82, 2.24) is 4.90 Å². The molecular formula is C10H27N3O3. The molecule has 0 aromatic rings. The van der Waals surface area contributed by atoms with Crippen LogP contribution < -0.4 is 11.5 Å². The van der Waals surface area contributed by atoms with Crippen molar-refractivity contribution in [3.8, 4) is 0 Å². The van der Waals surface area contributed by atoms with Crippen LogP contribution in [0, 0.1) is 0 Å². The Morgan fingerprint density at radius 1 is 0.688 bits per heavy atom. The Morgan fingerprint density at radius 3 is 1.19 bits per heavy atom. The van der Waals surface area contributed by atoms with Crippen molar-refractivity contribution in [2.75, 3.05) is 52.5 Å². The van der Waals surface area contributed by atoms with Gasteiger partial charge in [-0.3, -0.25) is 4.90 Å². The molecule has 6 nitrogen and oxygen atoms in total. The predicted octanol–water partition coefficient (Wildman–Crippen LogP) is -2.05. The molecule has 16 heavy (non-hydrogen) atoms. The topological polar surface area (TPSA) is 116 Å². The molecular weight excluding hydrogens is 210 g/mol. The highest BCUT2D eigenvalue weighted by Gasteiger charge is 2.00. The van der Waals surface area contributed by atoms with E-state index in [0.717, 1.165) is 25.9 Å². The summed E-state index contributed by atoms with van der Waals surface area (Å²) >= 11 is 0. The first-order valence-electron chi connectivity index (χ1n) is 5.71. The molecule has 0 saturated carbocycles. The van der Waals surface area contributed by atoms with E-state index >= 15 is 0 Å². The van der Waals surface area contributed by atoms with Crippen LogP contribution >= 0.6 is 0 Å². The number of aliphatic hydroxyl groups is 3. The van der Waals surface area contributed by atoms with Crippen molar-refractivity contribution in [1.29, 1.82) is 0 Å². The second-order valence-corrected chi connectivity index (χ2v) is 3.30. The first-order valence-corrected chi connectivity index (χ1v) is 5.71. The van der Waals surface area contributed by atoms with E-state index in [-0.39, 0.29) is 19.8 Å². The molecule has 0 saturated heterocycles. The zero-order valence-electron chi connectivity index (χ0n) is 10.0. The third-order valence-electron chi connectivity index (χ3n) is 1.91. The van der Waals surface area contributed by atoms with Gasteiger partial charge in [-0.15, -0.1) is 0 Å². The molecule has 0 aliphatic rings. The number of hydrogen-bond acceptors (Lipinski definition) is 6. The quantitative estimate of drug-likeness (QED) is 0.295. The maximum Gasteiger partial charge on any atom is 0.0558 e. The zero-order chi connectivity index (χ0) is 12.6. The van der Waals surface area contributed by atoms with E-state index in [1.807, 2.05) is 0 Å². The Morgan fingerprint density at radius 2 is 1.00 bits per heavy atom. The summed E-state index contributed by atoms with van der Waals surface area (Å²) in [5, 5.41) is 25.5. The lowest BCUT2D eigenvalue weighted by Gasteiger charge is -2.17. The summed E-state index contributed by atoms with van der Waals surface area (Å²) in [6.07, 6.45) is 2.13. The van der Waals surface area contributed by atoms with Gasteiger partial charge in [0, 0.05) is 19.6 Å². The Hall–Kier alpha value is -0.240. The molecule has 6 heteroatoms. The van der Waals surface area contributed by atoms with E-state index in [0.29, 0.717) is 19.6 Å². The van der Waals surface area contributed by atoms with Gasteiger partial charge in [0.25, 0.3) is 0 Å². The Bertz CT molecular complexity index is 99.2. The van der Waals surface area contributed by atoms with Gasteiger partial charge in [-0.05, 0) is 25.9 Å². The van der Waals surface area contributed by atoms with E-state index < -0.39 is 0 Å². The maximum absolute atomic E-state index is 8.48. The summed E-state index contributed by atoms with van der Waals surface area (Å²) in [4.78, 5) is 1.79. The summed E-state index contributed by atoms with van der Waals surface area (Å²) in [6.45, 7) is 3.30. The molecule has 0 amide bonds. The molecule has 0 aliphatic carbocycles. The summed E-state index contributed by atoms with van der Waals surface area (Å²) in [6, 6.07) is 0. The van der Waals surface area contributed by atoms with Crippen molar-refractivity contribution < 1.29 is 15.3 Å². The molecule has 0 aromatic carbocycles. The standard InChI is InChI=1S/C6H15NO3.C4H12N2/c8-4-1-7(2-5-9)3-6-10;5-3-1-2-4-6/h8-10H,1-6H2;1-6H2. The highest BCUT2D eigenvalue weighted by molar-refractivity contribution is 4.54. The SMILES string of the molecule is NCCCCN.OCCN(CCO)CCO. The minimum atomic E-state index is 0.0694. The van der Waals surface area contributed by atoms with Gasteiger partial charge in [-0.25, -0.2) is 0 Å². The van der Waals surface area contributed by atoms with Gasteiger partial charge >= 0.3 is 0 Å². The van der Waals surface area contributed by atoms with Crippen LogP contribution in [-0.4, -0.2) is 72.8 Å². The lowest BCUT2D eigenvalue weighted by Crippen LogP contribution is -2.32. The van der Waals surface area contributed by atoms with Gasteiger partial charge in [0.15, 0.2) is 0 Å². The van der Waals surface area contributed by atoms with E-state index in [9.17, 15) is 0 Å². The van der Waals surface area contributed by atoms with Crippen molar-refractivity contribution >= 4 is 0 Å². The fraction of sp³-hybridized carbons (Fsp3) is 1.00. The van der Waals surface area contributed by atoms with Gasteiger partial charge in [0.2, 0.25) is 0 Å². The van der Waals surface area contributed by atoms with Crippen LogP contribution in [0.4, 0.5) is 0 Å². The number of rotatable bonds is 9.